The van der Waals surface area contributed by atoms with E-state index in [4.69, 9.17) is 13.1 Å². The van der Waals surface area contributed by atoms with Crippen LogP contribution in [-0.4, -0.2) is 39.1 Å². The maximum absolute atomic E-state index is 13.1. The fourth-order valence-corrected chi connectivity index (χ4v) is 0.899. The molecule has 1 rings (SSSR count). The zero-order valence-corrected chi connectivity index (χ0v) is 7.18. The van der Waals surface area contributed by atoms with E-state index in [-0.39, 0.29) is 13.0 Å². The van der Waals surface area contributed by atoms with Crippen molar-refractivity contribution in [3.63, 3.8) is 0 Å². The molecule has 0 amide bonds. The third-order valence-electron chi connectivity index (χ3n) is 1.54. The van der Waals surface area contributed by atoms with Crippen LogP contribution in [0.4, 0.5) is 9.18 Å². The first-order valence-corrected chi connectivity index (χ1v) is 3.90. The number of hydrogen-bond acceptors (Lipinski definition) is 5. The minimum Gasteiger partial charge on any atom is -0.437 e. The molecule has 0 aliphatic carbocycles. The molecule has 14 heavy (non-hydrogen) atoms. The van der Waals surface area contributed by atoms with Gasteiger partial charge in [-0.15, -0.1) is 0 Å². The van der Waals surface area contributed by atoms with Crippen LogP contribution in [-0.2, 0) is 14.2 Å². The molecular formula is C7H7BFNO4. The molecule has 0 spiro atoms. The second-order valence-corrected chi connectivity index (χ2v) is 2.54. The number of ether oxygens (including phenoxy) is 3. The number of hydrogen-bond donors (Lipinski definition) is 0. The molecule has 3 unspecified atom stereocenters. The Morgan fingerprint density at radius 3 is 2.93 bits per heavy atom. The molecule has 3 atom stereocenters. The number of nitriles is 1. The number of halogens is 1. The summed E-state index contributed by atoms with van der Waals surface area (Å²) >= 11 is 0. The van der Waals surface area contributed by atoms with Crippen molar-refractivity contribution in [2.75, 3.05) is 6.61 Å². The molecule has 0 bridgehead atoms. The number of carbonyl (C=O) groups is 1. The van der Waals surface area contributed by atoms with E-state index in [1.807, 2.05) is 0 Å². The van der Waals surface area contributed by atoms with Crippen molar-refractivity contribution in [1.29, 1.82) is 5.26 Å². The summed E-state index contributed by atoms with van der Waals surface area (Å²) in [6, 6.07) is 0.605. The fraction of sp³-hybridized carbons (Fsp3) is 0.714. The van der Waals surface area contributed by atoms with Gasteiger partial charge in [0.1, 0.15) is 13.8 Å². The standard InChI is InChI=1S/C7H7BFNO4/c8-5-4(13-7(11)14-5)6(9)12-3-1-2-10/h4-6H,1,3H2. The van der Waals surface area contributed by atoms with Crippen LogP contribution in [0, 0.1) is 11.3 Å². The number of alkyl halides is 1. The highest BCUT2D eigenvalue weighted by atomic mass is 19.1. The molecule has 0 aromatic carbocycles. The van der Waals surface area contributed by atoms with E-state index in [1.54, 1.807) is 6.07 Å². The number of carbonyl (C=O) groups excluding carboxylic acids is 1. The summed E-state index contributed by atoms with van der Waals surface area (Å²) in [6.45, 7) is -0.0849. The van der Waals surface area contributed by atoms with Crippen LogP contribution < -0.4 is 0 Å². The van der Waals surface area contributed by atoms with Gasteiger partial charge in [-0.3, -0.25) is 0 Å². The van der Waals surface area contributed by atoms with Gasteiger partial charge in [0.2, 0.25) is 6.36 Å². The molecule has 7 heteroatoms. The lowest BCUT2D eigenvalue weighted by Crippen LogP contribution is -2.34. The molecule has 1 saturated heterocycles. The molecule has 0 aromatic heterocycles. The Bertz CT molecular complexity index is 257. The van der Waals surface area contributed by atoms with Crippen molar-refractivity contribution in [3.05, 3.63) is 0 Å². The van der Waals surface area contributed by atoms with Crippen molar-refractivity contribution < 1.29 is 23.4 Å². The van der Waals surface area contributed by atoms with E-state index in [9.17, 15) is 9.18 Å². The van der Waals surface area contributed by atoms with Crippen LogP contribution in [0.25, 0.3) is 0 Å². The van der Waals surface area contributed by atoms with Gasteiger partial charge in [0.05, 0.1) is 19.1 Å². The number of rotatable bonds is 4. The molecule has 0 saturated carbocycles. The Morgan fingerprint density at radius 1 is 1.71 bits per heavy atom. The summed E-state index contributed by atoms with van der Waals surface area (Å²) in [4.78, 5) is 10.5. The van der Waals surface area contributed by atoms with E-state index < -0.39 is 24.6 Å². The summed E-state index contributed by atoms with van der Waals surface area (Å²) in [5, 5.41) is 8.15. The first kappa shape index (κ1) is 10.8. The molecule has 0 aromatic rings. The normalized spacial score (nSPS) is 27.6. The second kappa shape index (κ2) is 4.81. The van der Waals surface area contributed by atoms with E-state index in [0.29, 0.717) is 0 Å². The number of nitrogens with zero attached hydrogens (tertiary/aromatic N) is 1. The van der Waals surface area contributed by atoms with Crippen molar-refractivity contribution in [1.82, 2.24) is 0 Å². The van der Waals surface area contributed by atoms with Gasteiger partial charge in [0, 0.05) is 0 Å². The summed E-state index contributed by atoms with van der Waals surface area (Å²) in [7, 11) is 5.22. The van der Waals surface area contributed by atoms with E-state index >= 15 is 0 Å². The van der Waals surface area contributed by atoms with Crippen molar-refractivity contribution in [2.45, 2.75) is 24.9 Å². The molecule has 1 aliphatic rings. The van der Waals surface area contributed by atoms with Gasteiger partial charge in [0.25, 0.3) is 0 Å². The van der Waals surface area contributed by atoms with Crippen LogP contribution in [0.1, 0.15) is 6.42 Å². The highest BCUT2D eigenvalue weighted by Crippen LogP contribution is 2.19. The fourth-order valence-electron chi connectivity index (χ4n) is 0.899. The molecule has 5 nitrogen and oxygen atoms in total. The number of cyclic esters (lactones) is 2. The molecule has 1 aliphatic heterocycles. The Morgan fingerprint density at radius 2 is 2.43 bits per heavy atom. The Hall–Kier alpha value is -1.29. The van der Waals surface area contributed by atoms with Gasteiger partial charge in [-0.05, 0) is 0 Å². The van der Waals surface area contributed by atoms with E-state index in [0.717, 1.165) is 0 Å². The minimum absolute atomic E-state index is 0.0528. The molecule has 1 fully saturated rings. The average Bonchev–Trinajstić information content (AvgIpc) is 2.45. The third-order valence-corrected chi connectivity index (χ3v) is 1.54. The van der Waals surface area contributed by atoms with Crippen LogP contribution in [0.2, 0.25) is 0 Å². The molecule has 2 radical (unpaired) electrons. The van der Waals surface area contributed by atoms with Crippen LogP contribution >= 0.6 is 0 Å². The van der Waals surface area contributed by atoms with Gasteiger partial charge in [0.15, 0.2) is 6.10 Å². The van der Waals surface area contributed by atoms with Crippen molar-refractivity contribution in [2.24, 2.45) is 0 Å². The predicted molar refractivity (Wildman–Crippen MR) is 42.0 cm³/mol. The summed E-state index contributed by atoms with van der Waals surface area (Å²) < 4.78 is 26.4. The van der Waals surface area contributed by atoms with Crippen LogP contribution in [0.3, 0.4) is 0 Å². The Balaban J connectivity index is 2.33. The van der Waals surface area contributed by atoms with Crippen molar-refractivity contribution in [3.8, 4) is 6.07 Å². The van der Waals surface area contributed by atoms with E-state index in [2.05, 4.69) is 14.2 Å². The van der Waals surface area contributed by atoms with Gasteiger partial charge >= 0.3 is 6.16 Å². The lowest BCUT2D eigenvalue weighted by Gasteiger charge is -2.16. The summed E-state index contributed by atoms with van der Waals surface area (Å²) in [6.07, 6.45) is -4.10. The minimum atomic E-state index is -1.87. The molecular weight excluding hydrogens is 192 g/mol. The maximum Gasteiger partial charge on any atom is 0.508 e. The van der Waals surface area contributed by atoms with Crippen molar-refractivity contribution >= 4 is 14.0 Å². The molecule has 1 heterocycles. The smallest absolute Gasteiger partial charge is 0.437 e. The van der Waals surface area contributed by atoms with E-state index in [1.165, 1.54) is 0 Å². The quantitative estimate of drug-likeness (QED) is 0.368. The topological polar surface area (TPSA) is 68.6 Å². The monoisotopic (exact) mass is 199 g/mol. The first-order valence-electron chi connectivity index (χ1n) is 3.90. The molecule has 0 N–H and O–H groups in total. The van der Waals surface area contributed by atoms with Gasteiger partial charge in [-0.25, -0.2) is 9.18 Å². The highest BCUT2D eigenvalue weighted by molar-refractivity contribution is 6.12. The second-order valence-electron chi connectivity index (χ2n) is 2.54. The lowest BCUT2D eigenvalue weighted by atomic mass is 9.94. The zero-order valence-electron chi connectivity index (χ0n) is 7.18. The Kier molecular flexibility index (Phi) is 3.71. The first-order chi connectivity index (χ1) is 6.65. The zero-order chi connectivity index (χ0) is 10.6. The largest absolute Gasteiger partial charge is 0.508 e. The predicted octanol–water partition coefficient (Wildman–Crippen LogP) is 0.242. The van der Waals surface area contributed by atoms with Gasteiger partial charge < -0.3 is 14.2 Å². The third kappa shape index (κ3) is 2.60. The van der Waals surface area contributed by atoms with Gasteiger partial charge in [-0.2, -0.15) is 5.26 Å². The summed E-state index contributed by atoms with van der Waals surface area (Å²) in [5.74, 6) is 0. The van der Waals surface area contributed by atoms with Gasteiger partial charge in [-0.1, -0.05) is 0 Å². The Labute approximate surface area is 81.1 Å². The SMILES string of the molecule is [B]C1OC(=O)OC1C(F)OCCC#N. The van der Waals surface area contributed by atoms with Crippen LogP contribution in [0.5, 0.6) is 0 Å². The maximum atomic E-state index is 13.1. The molecule has 74 valence electrons. The highest BCUT2D eigenvalue weighted by Gasteiger charge is 2.39. The average molecular weight is 199 g/mol. The van der Waals surface area contributed by atoms with Crippen LogP contribution in [0.15, 0.2) is 0 Å². The lowest BCUT2D eigenvalue weighted by molar-refractivity contribution is -0.104. The summed E-state index contributed by atoms with van der Waals surface area (Å²) in [5.41, 5.74) is 0.